The summed E-state index contributed by atoms with van der Waals surface area (Å²) in [5.74, 6) is -0.956. The highest BCUT2D eigenvalue weighted by Crippen LogP contribution is 2.57. The first-order chi connectivity index (χ1) is 13.4. The third kappa shape index (κ3) is 2.14. The van der Waals surface area contributed by atoms with Crippen molar-refractivity contribution in [2.75, 3.05) is 11.9 Å². The number of amides is 1. The van der Waals surface area contributed by atoms with Crippen LogP contribution in [0.1, 0.15) is 38.2 Å². The van der Waals surface area contributed by atoms with Crippen LogP contribution in [0, 0.1) is 25.2 Å². The molecule has 7 nitrogen and oxygen atoms in total. The predicted molar refractivity (Wildman–Crippen MR) is 103 cm³/mol. The van der Waals surface area contributed by atoms with E-state index in [1.54, 1.807) is 19.9 Å². The van der Waals surface area contributed by atoms with E-state index in [4.69, 9.17) is 15.2 Å². The van der Waals surface area contributed by atoms with Crippen LogP contribution < -0.4 is 15.8 Å². The monoisotopic (exact) mass is 395 g/mol. The number of aryl methyl sites for hydroxylation is 2. The second-order valence-corrected chi connectivity index (χ2v) is 7.84. The number of ether oxygens (including phenoxy) is 2. The highest BCUT2D eigenvalue weighted by Gasteiger charge is 2.58. The maximum absolute atomic E-state index is 13.3. The zero-order valence-electron chi connectivity index (χ0n) is 15.5. The van der Waals surface area contributed by atoms with Crippen molar-refractivity contribution in [1.29, 1.82) is 5.26 Å². The smallest absolute Gasteiger partial charge is 0.343 e. The highest BCUT2D eigenvalue weighted by atomic mass is 32.1. The molecule has 0 saturated carbocycles. The number of nitrogens with two attached hydrogens (primary N) is 1. The number of carbonyl (C=O) groups excluding carboxylic acids is 2. The number of hydrogen-bond acceptors (Lipinski definition) is 7. The Bertz CT molecular complexity index is 1130. The van der Waals surface area contributed by atoms with Crippen LogP contribution in [-0.4, -0.2) is 18.5 Å². The van der Waals surface area contributed by atoms with Gasteiger partial charge in [-0.3, -0.25) is 4.79 Å². The van der Waals surface area contributed by atoms with Crippen molar-refractivity contribution in [3.8, 4) is 11.8 Å². The minimum Gasteiger partial charge on any atom is -0.462 e. The van der Waals surface area contributed by atoms with Crippen molar-refractivity contribution in [2.24, 2.45) is 5.73 Å². The number of fused-ring (bicyclic) bond motifs is 4. The van der Waals surface area contributed by atoms with Crippen LogP contribution in [0.4, 0.5) is 5.69 Å². The third-order valence-electron chi connectivity index (χ3n) is 4.97. The van der Waals surface area contributed by atoms with E-state index in [-0.39, 0.29) is 29.4 Å². The van der Waals surface area contributed by atoms with Crippen molar-refractivity contribution in [3.05, 3.63) is 56.1 Å². The van der Waals surface area contributed by atoms with Gasteiger partial charge in [0, 0.05) is 16.1 Å². The first-order valence-corrected chi connectivity index (χ1v) is 9.49. The van der Waals surface area contributed by atoms with Gasteiger partial charge in [-0.1, -0.05) is 17.7 Å². The summed E-state index contributed by atoms with van der Waals surface area (Å²) in [4.78, 5) is 26.9. The highest BCUT2D eigenvalue weighted by molar-refractivity contribution is 7.13. The Labute approximate surface area is 165 Å². The lowest BCUT2D eigenvalue weighted by molar-refractivity contribution is -0.118. The van der Waals surface area contributed by atoms with Gasteiger partial charge in [-0.05, 0) is 26.8 Å². The van der Waals surface area contributed by atoms with E-state index >= 15 is 0 Å². The van der Waals surface area contributed by atoms with E-state index in [0.29, 0.717) is 21.0 Å². The SMILES string of the molecule is CCOC(=O)c1c(C)sc2c1OC(N)=C(C#N)C21C(=O)Nc2ccc(C)cc21. The van der Waals surface area contributed by atoms with E-state index in [1.165, 1.54) is 11.3 Å². The average Bonchev–Trinajstić information content (AvgIpc) is 3.11. The van der Waals surface area contributed by atoms with Gasteiger partial charge in [0.2, 0.25) is 11.8 Å². The fourth-order valence-electron chi connectivity index (χ4n) is 3.80. The van der Waals surface area contributed by atoms with Gasteiger partial charge in [-0.25, -0.2) is 4.79 Å². The first-order valence-electron chi connectivity index (χ1n) is 8.67. The van der Waals surface area contributed by atoms with Gasteiger partial charge >= 0.3 is 5.97 Å². The van der Waals surface area contributed by atoms with Gasteiger partial charge in [0.05, 0.1) is 11.5 Å². The number of thiophene rings is 1. The molecule has 8 heteroatoms. The number of rotatable bonds is 2. The van der Waals surface area contributed by atoms with Crippen molar-refractivity contribution >= 4 is 28.9 Å². The summed E-state index contributed by atoms with van der Waals surface area (Å²) in [6.07, 6.45) is 0. The molecule has 2 aliphatic rings. The number of nitriles is 1. The molecule has 0 bridgehead atoms. The van der Waals surface area contributed by atoms with Crippen LogP contribution in [0.5, 0.6) is 5.75 Å². The van der Waals surface area contributed by atoms with E-state index in [1.807, 2.05) is 19.1 Å². The second kappa shape index (κ2) is 6.11. The second-order valence-electron chi connectivity index (χ2n) is 6.62. The van der Waals surface area contributed by atoms with Crippen molar-refractivity contribution in [1.82, 2.24) is 0 Å². The molecule has 1 unspecified atom stereocenters. The van der Waals surface area contributed by atoms with Crippen LogP contribution in [0.2, 0.25) is 0 Å². The topological polar surface area (TPSA) is 114 Å². The van der Waals surface area contributed by atoms with E-state index in [9.17, 15) is 14.9 Å². The minimum atomic E-state index is -1.45. The Morgan fingerprint density at radius 1 is 1.43 bits per heavy atom. The number of anilines is 1. The van der Waals surface area contributed by atoms with Crippen molar-refractivity contribution in [3.63, 3.8) is 0 Å². The maximum Gasteiger partial charge on any atom is 0.343 e. The minimum absolute atomic E-state index is 0.0125. The molecule has 1 aromatic carbocycles. The zero-order chi connectivity index (χ0) is 20.2. The molecule has 1 amide bonds. The average molecular weight is 395 g/mol. The van der Waals surface area contributed by atoms with Gasteiger partial charge in [-0.15, -0.1) is 11.3 Å². The maximum atomic E-state index is 13.3. The molecule has 142 valence electrons. The molecule has 4 rings (SSSR count). The van der Waals surface area contributed by atoms with Gasteiger partial charge in [-0.2, -0.15) is 5.26 Å². The Kier molecular flexibility index (Phi) is 3.94. The summed E-state index contributed by atoms with van der Waals surface area (Å²) in [7, 11) is 0. The van der Waals surface area contributed by atoms with Crippen LogP contribution in [-0.2, 0) is 14.9 Å². The van der Waals surface area contributed by atoms with Gasteiger partial charge in [0.1, 0.15) is 17.2 Å². The summed E-state index contributed by atoms with van der Waals surface area (Å²) in [6, 6.07) is 7.59. The Morgan fingerprint density at radius 2 is 2.18 bits per heavy atom. The third-order valence-corrected chi connectivity index (χ3v) is 6.18. The number of esters is 1. The lowest BCUT2D eigenvalue weighted by atomic mass is 9.72. The number of benzene rings is 1. The first kappa shape index (κ1) is 18.1. The lowest BCUT2D eigenvalue weighted by Crippen LogP contribution is -2.41. The van der Waals surface area contributed by atoms with Gasteiger partial charge in [0.15, 0.2) is 11.2 Å². The van der Waals surface area contributed by atoms with Gasteiger partial charge < -0.3 is 20.5 Å². The number of nitrogens with one attached hydrogen (secondary N) is 1. The molecule has 2 aliphatic heterocycles. The normalized spacial score (nSPS) is 19.6. The number of hydrogen-bond donors (Lipinski definition) is 2. The molecule has 0 fully saturated rings. The molecule has 3 heterocycles. The zero-order valence-corrected chi connectivity index (χ0v) is 16.3. The van der Waals surface area contributed by atoms with E-state index in [0.717, 1.165) is 5.56 Å². The summed E-state index contributed by atoms with van der Waals surface area (Å²) < 4.78 is 10.9. The molecule has 0 aliphatic carbocycles. The molecule has 1 aromatic heterocycles. The van der Waals surface area contributed by atoms with Gasteiger partial charge in [0.25, 0.3) is 0 Å². The van der Waals surface area contributed by atoms with Crippen LogP contribution in [0.15, 0.2) is 29.7 Å². The van der Waals surface area contributed by atoms with Crippen LogP contribution >= 0.6 is 11.3 Å². The Hall–Kier alpha value is -3.31. The molecule has 28 heavy (non-hydrogen) atoms. The molecule has 3 N–H and O–H groups in total. The Morgan fingerprint density at radius 3 is 2.86 bits per heavy atom. The van der Waals surface area contributed by atoms with E-state index < -0.39 is 17.3 Å². The number of nitrogens with zero attached hydrogens (tertiary/aromatic N) is 1. The van der Waals surface area contributed by atoms with Crippen LogP contribution in [0.25, 0.3) is 0 Å². The van der Waals surface area contributed by atoms with Crippen molar-refractivity contribution in [2.45, 2.75) is 26.2 Å². The van der Waals surface area contributed by atoms with Crippen molar-refractivity contribution < 1.29 is 19.1 Å². The quantitative estimate of drug-likeness (QED) is 0.756. The fraction of sp³-hybridized carbons (Fsp3) is 0.250. The van der Waals surface area contributed by atoms with Crippen LogP contribution in [0.3, 0.4) is 0 Å². The Balaban J connectivity index is 2.10. The molecular weight excluding hydrogens is 378 g/mol. The van der Waals surface area contributed by atoms with E-state index in [2.05, 4.69) is 11.4 Å². The summed E-state index contributed by atoms with van der Waals surface area (Å²) in [5, 5.41) is 12.7. The molecule has 1 spiro atoms. The predicted octanol–water partition coefficient (Wildman–Crippen LogP) is 2.87. The summed E-state index contributed by atoms with van der Waals surface area (Å²) >= 11 is 1.23. The number of carbonyl (C=O) groups is 2. The summed E-state index contributed by atoms with van der Waals surface area (Å²) in [6.45, 7) is 5.56. The molecule has 0 saturated heterocycles. The standard InChI is InChI=1S/C20H17N3O4S/c1-4-26-18(24)14-10(3)28-16-15(14)27-17(22)12(8-21)20(16)11-7-9(2)5-6-13(11)23-19(20)25/h5-7H,4,22H2,1-3H3,(H,23,25). The molecule has 1 atom stereocenters. The molecular formula is C20H17N3O4S. The summed E-state index contributed by atoms with van der Waals surface area (Å²) in [5.41, 5.74) is 7.03. The largest absolute Gasteiger partial charge is 0.462 e. The lowest BCUT2D eigenvalue weighted by Gasteiger charge is -2.31. The molecule has 0 radical (unpaired) electrons. The molecule has 2 aromatic rings. The fourth-order valence-corrected chi connectivity index (χ4v) is 5.07.